The minimum atomic E-state index is 0.0310. The summed E-state index contributed by atoms with van der Waals surface area (Å²) in [4.78, 5) is 31.3. The van der Waals surface area contributed by atoms with Crippen LogP contribution in [-0.4, -0.2) is 48.9 Å². The van der Waals surface area contributed by atoms with Gasteiger partial charge in [0, 0.05) is 44.9 Å². The Morgan fingerprint density at radius 2 is 2.04 bits per heavy atom. The van der Waals surface area contributed by atoms with Gasteiger partial charge < -0.3 is 14.8 Å². The smallest absolute Gasteiger partial charge is 0.223 e. The number of likely N-dealkylation sites (tertiary alicyclic amines) is 1. The minimum absolute atomic E-state index is 0.0310. The van der Waals surface area contributed by atoms with E-state index in [0.29, 0.717) is 18.8 Å². The van der Waals surface area contributed by atoms with Crippen molar-refractivity contribution in [1.82, 2.24) is 29.4 Å². The fourth-order valence-electron chi connectivity index (χ4n) is 3.66. The molecule has 26 heavy (non-hydrogen) atoms. The minimum Gasteiger partial charge on any atom is -0.368 e. The third-order valence-corrected chi connectivity index (χ3v) is 5.02. The molecule has 0 aromatic carbocycles. The van der Waals surface area contributed by atoms with Crippen molar-refractivity contribution in [3.05, 3.63) is 42.7 Å². The second-order valence-corrected chi connectivity index (χ2v) is 6.50. The zero-order valence-electron chi connectivity index (χ0n) is 14.8. The van der Waals surface area contributed by atoms with Gasteiger partial charge in [0.25, 0.3) is 0 Å². The molecule has 1 amide bonds. The lowest BCUT2D eigenvalue weighted by Gasteiger charge is -2.25. The van der Waals surface area contributed by atoms with Gasteiger partial charge in [0.05, 0.1) is 12.4 Å². The lowest BCUT2D eigenvalue weighted by atomic mass is 9.94. The zero-order chi connectivity index (χ0) is 18.1. The summed E-state index contributed by atoms with van der Waals surface area (Å²) >= 11 is 0. The van der Waals surface area contributed by atoms with E-state index in [-0.39, 0.29) is 17.9 Å². The third-order valence-electron chi connectivity index (χ3n) is 5.02. The molecule has 3 aromatic rings. The highest BCUT2D eigenvalue weighted by molar-refractivity contribution is 5.83. The number of hydrogen-bond donors (Lipinski definition) is 1. The summed E-state index contributed by atoms with van der Waals surface area (Å²) in [5.74, 6) is 1.01. The summed E-state index contributed by atoms with van der Waals surface area (Å²) < 4.78 is 1.98. The number of aryl methyl sites for hydroxylation is 1. The summed E-state index contributed by atoms with van der Waals surface area (Å²) in [6.45, 7) is 3.49. The largest absolute Gasteiger partial charge is 0.368 e. The van der Waals surface area contributed by atoms with Crippen molar-refractivity contribution in [3.8, 4) is 0 Å². The van der Waals surface area contributed by atoms with Crippen molar-refractivity contribution < 1.29 is 4.79 Å². The molecule has 4 rings (SSSR count). The number of nitrogens with one attached hydrogen (secondary N) is 1. The predicted molar refractivity (Wildman–Crippen MR) is 97.3 cm³/mol. The molecule has 1 aliphatic rings. The number of rotatable bonds is 5. The lowest BCUT2D eigenvalue weighted by molar-refractivity contribution is -0.127. The van der Waals surface area contributed by atoms with Crippen molar-refractivity contribution >= 4 is 22.9 Å². The number of carbonyl (C=O) groups excluding carboxylic acids is 1. The maximum Gasteiger partial charge on any atom is 0.223 e. The fourth-order valence-corrected chi connectivity index (χ4v) is 3.66. The van der Waals surface area contributed by atoms with Gasteiger partial charge in [-0.1, -0.05) is 0 Å². The average Bonchev–Trinajstić information content (AvgIpc) is 3.22. The van der Waals surface area contributed by atoms with E-state index in [1.165, 1.54) is 0 Å². The first kappa shape index (κ1) is 16.4. The standard InChI is InChI=1S/C18H21N7O/c1-3-25-11-23-15-17(21-10-22-18(15)25)20-9-13-8-14(26)24(2)16(13)12-4-6-19-7-5-12/h4-7,10-11,13,16H,3,8-9H2,1-2H3,(H,20,21,22)/t13-,16-/m0/s1. The molecule has 8 nitrogen and oxygen atoms in total. The molecule has 0 saturated carbocycles. The predicted octanol–water partition coefficient (Wildman–Crippen LogP) is 1.87. The molecule has 1 N–H and O–H groups in total. The molecule has 3 aromatic heterocycles. The molecule has 1 saturated heterocycles. The summed E-state index contributed by atoms with van der Waals surface area (Å²) in [6.07, 6.45) is 7.36. The molecule has 4 heterocycles. The quantitative estimate of drug-likeness (QED) is 0.755. The number of pyridine rings is 1. The number of carbonyl (C=O) groups is 1. The summed E-state index contributed by atoms with van der Waals surface area (Å²) in [7, 11) is 1.86. The number of fused-ring (bicyclic) bond motifs is 1. The normalized spacial score (nSPS) is 20.1. The van der Waals surface area contributed by atoms with Crippen LogP contribution in [0.2, 0.25) is 0 Å². The van der Waals surface area contributed by atoms with Gasteiger partial charge in [-0.15, -0.1) is 0 Å². The van der Waals surface area contributed by atoms with Crippen LogP contribution in [0.4, 0.5) is 5.82 Å². The Hall–Kier alpha value is -3.03. The van der Waals surface area contributed by atoms with Gasteiger partial charge in [-0.05, 0) is 24.6 Å². The van der Waals surface area contributed by atoms with Crippen molar-refractivity contribution in [2.75, 3.05) is 18.9 Å². The molecule has 0 unspecified atom stereocenters. The first-order valence-electron chi connectivity index (χ1n) is 8.74. The maximum absolute atomic E-state index is 12.3. The Kier molecular flexibility index (Phi) is 4.24. The van der Waals surface area contributed by atoms with Crippen LogP contribution in [0, 0.1) is 5.92 Å². The molecule has 1 aliphatic heterocycles. The molecule has 0 aliphatic carbocycles. The molecule has 0 bridgehead atoms. The highest BCUT2D eigenvalue weighted by Gasteiger charge is 2.38. The van der Waals surface area contributed by atoms with Crippen LogP contribution < -0.4 is 5.32 Å². The molecular formula is C18H21N7O. The van der Waals surface area contributed by atoms with Crippen LogP contribution in [-0.2, 0) is 11.3 Å². The molecular weight excluding hydrogens is 330 g/mol. The highest BCUT2D eigenvalue weighted by Crippen LogP contribution is 2.36. The Morgan fingerprint density at radius 1 is 1.23 bits per heavy atom. The topological polar surface area (TPSA) is 88.8 Å². The molecule has 134 valence electrons. The van der Waals surface area contributed by atoms with E-state index in [1.54, 1.807) is 25.0 Å². The van der Waals surface area contributed by atoms with Crippen LogP contribution in [0.3, 0.4) is 0 Å². The van der Waals surface area contributed by atoms with Crippen LogP contribution in [0.1, 0.15) is 24.9 Å². The Morgan fingerprint density at radius 3 is 2.81 bits per heavy atom. The highest BCUT2D eigenvalue weighted by atomic mass is 16.2. The van der Waals surface area contributed by atoms with Gasteiger partial charge in [0.15, 0.2) is 11.5 Å². The SMILES string of the molecule is CCn1cnc2c(NC[C@@H]3CC(=O)N(C)[C@H]3c3ccncc3)ncnc21. The number of anilines is 1. The van der Waals surface area contributed by atoms with Crippen molar-refractivity contribution in [1.29, 1.82) is 0 Å². The summed E-state index contributed by atoms with van der Waals surface area (Å²) in [5.41, 5.74) is 2.67. The first-order chi connectivity index (χ1) is 12.7. The van der Waals surface area contributed by atoms with E-state index in [2.05, 4.69) is 32.2 Å². The first-order valence-corrected chi connectivity index (χ1v) is 8.74. The zero-order valence-corrected chi connectivity index (χ0v) is 14.8. The molecule has 8 heteroatoms. The van der Waals surface area contributed by atoms with Gasteiger partial charge in [0.2, 0.25) is 5.91 Å². The number of aromatic nitrogens is 5. The van der Waals surface area contributed by atoms with Crippen LogP contribution in [0.5, 0.6) is 0 Å². The van der Waals surface area contributed by atoms with E-state index in [1.807, 2.05) is 28.6 Å². The van der Waals surface area contributed by atoms with Gasteiger partial charge >= 0.3 is 0 Å². The van der Waals surface area contributed by atoms with Crippen LogP contribution >= 0.6 is 0 Å². The van der Waals surface area contributed by atoms with E-state index < -0.39 is 0 Å². The van der Waals surface area contributed by atoms with Crippen molar-refractivity contribution in [3.63, 3.8) is 0 Å². The lowest BCUT2D eigenvalue weighted by Crippen LogP contribution is -2.26. The van der Waals surface area contributed by atoms with Gasteiger partial charge in [-0.2, -0.15) is 0 Å². The third kappa shape index (κ3) is 2.77. The second kappa shape index (κ2) is 6.70. The fraction of sp³-hybridized carbons (Fsp3) is 0.389. The summed E-state index contributed by atoms with van der Waals surface area (Å²) in [6, 6.07) is 3.97. The average molecular weight is 351 g/mol. The van der Waals surface area contributed by atoms with Gasteiger partial charge in [0.1, 0.15) is 11.8 Å². The number of imidazole rings is 1. The van der Waals surface area contributed by atoms with E-state index in [4.69, 9.17) is 0 Å². The molecule has 0 radical (unpaired) electrons. The number of nitrogens with zero attached hydrogens (tertiary/aromatic N) is 6. The monoisotopic (exact) mass is 351 g/mol. The summed E-state index contributed by atoms with van der Waals surface area (Å²) in [5, 5.41) is 3.39. The Labute approximate surface area is 151 Å². The van der Waals surface area contributed by atoms with Crippen LogP contribution in [0.15, 0.2) is 37.2 Å². The van der Waals surface area contributed by atoms with E-state index in [9.17, 15) is 4.79 Å². The van der Waals surface area contributed by atoms with Gasteiger partial charge in [-0.3, -0.25) is 9.78 Å². The molecule has 1 fully saturated rings. The Balaban J connectivity index is 1.57. The van der Waals surface area contributed by atoms with E-state index >= 15 is 0 Å². The van der Waals surface area contributed by atoms with E-state index in [0.717, 1.165) is 23.3 Å². The Bertz CT molecular complexity index is 924. The maximum atomic E-state index is 12.3. The van der Waals surface area contributed by atoms with Gasteiger partial charge in [-0.25, -0.2) is 15.0 Å². The molecule has 0 spiro atoms. The number of amides is 1. The second-order valence-electron chi connectivity index (χ2n) is 6.50. The van der Waals surface area contributed by atoms with Crippen LogP contribution in [0.25, 0.3) is 11.2 Å². The van der Waals surface area contributed by atoms with Crippen molar-refractivity contribution in [2.45, 2.75) is 25.9 Å². The molecule has 2 atom stereocenters. The van der Waals surface area contributed by atoms with Crippen molar-refractivity contribution in [2.24, 2.45) is 5.92 Å². The number of hydrogen-bond acceptors (Lipinski definition) is 6.